The number of anilines is 1. The van der Waals surface area contributed by atoms with E-state index >= 15 is 0 Å². The molecule has 4 aromatic carbocycles. The van der Waals surface area contributed by atoms with Gasteiger partial charge in [-0.1, -0.05) is 66.7 Å². The first-order valence-electron chi connectivity index (χ1n) is 11.5. The number of nitrogens with one attached hydrogen (secondary N) is 2. The van der Waals surface area contributed by atoms with E-state index in [0.29, 0.717) is 11.4 Å². The Morgan fingerprint density at radius 3 is 2.17 bits per heavy atom. The normalized spacial score (nSPS) is 14.6. The molecule has 166 valence electrons. The topological polar surface area (TPSA) is 70.5 Å². The van der Waals surface area contributed by atoms with Crippen LogP contribution in [0, 0.1) is 5.41 Å². The molecular weight excluding hydrogens is 432 g/mol. The van der Waals surface area contributed by atoms with Crippen molar-refractivity contribution in [3.8, 4) is 0 Å². The minimum absolute atomic E-state index is 0.342. The molecule has 0 saturated heterocycles. The number of hydrogen-bond donors (Lipinski definition) is 2. The van der Waals surface area contributed by atoms with Gasteiger partial charge in [0.1, 0.15) is 5.71 Å². The highest BCUT2D eigenvalue weighted by atomic mass is 15.3. The van der Waals surface area contributed by atoms with Gasteiger partial charge in [-0.25, -0.2) is 4.98 Å². The molecule has 35 heavy (non-hydrogen) atoms. The molecule has 0 fully saturated rings. The van der Waals surface area contributed by atoms with Crippen molar-refractivity contribution >= 4 is 50.7 Å². The fraction of sp³-hybridized carbons (Fsp3) is 0. The molecule has 6 heteroatoms. The van der Waals surface area contributed by atoms with Gasteiger partial charge in [0.05, 0.1) is 39.2 Å². The molecule has 0 spiro atoms. The van der Waals surface area contributed by atoms with E-state index in [1.54, 1.807) is 0 Å². The summed E-state index contributed by atoms with van der Waals surface area (Å²) in [5, 5.41) is 13.5. The monoisotopic (exact) mass is 452 g/mol. The zero-order valence-corrected chi connectivity index (χ0v) is 18.7. The van der Waals surface area contributed by atoms with Gasteiger partial charge < -0.3 is 0 Å². The summed E-state index contributed by atoms with van der Waals surface area (Å²) < 4.78 is 4.35. The lowest BCUT2D eigenvalue weighted by atomic mass is 9.91. The van der Waals surface area contributed by atoms with Crippen LogP contribution in [-0.2, 0) is 0 Å². The van der Waals surface area contributed by atoms with Gasteiger partial charge in [0.15, 0.2) is 0 Å². The lowest BCUT2D eigenvalue weighted by molar-refractivity contribution is 1.13. The molecule has 0 saturated carbocycles. The van der Waals surface area contributed by atoms with Crippen LogP contribution in [0.15, 0.2) is 114 Å². The summed E-state index contributed by atoms with van der Waals surface area (Å²) in [6.45, 7) is 0. The number of hydrazone groups is 1. The molecule has 6 aromatic rings. The van der Waals surface area contributed by atoms with Crippen LogP contribution in [0.4, 0.5) is 5.69 Å². The van der Waals surface area contributed by atoms with Crippen molar-refractivity contribution in [3.63, 3.8) is 0 Å². The Bertz CT molecular complexity index is 1840. The molecule has 7 rings (SSSR count). The number of imidazole rings is 2. The standard InChI is InChI=1S/C29H20N6/c30-22-18-27(20-12-4-5-13-21(20)28(22)33-32-19-10-2-1-3-11-19)35-26-17-9-8-16-25(26)34-24-15-7-6-14-23(24)31-29(34)35/h1-18,30,32H/b30-22?,33-28-. The number of fused-ring (bicyclic) bond motifs is 6. The van der Waals surface area contributed by atoms with E-state index in [-0.39, 0.29) is 0 Å². The maximum Gasteiger partial charge on any atom is 0.220 e. The lowest BCUT2D eigenvalue weighted by Gasteiger charge is -2.21. The second kappa shape index (κ2) is 7.53. The fourth-order valence-electron chi connectivity index (χ4n) is 4.87. The number of allylic oxidation sites excluding steroid dienone is 1. The van der Waals surface area contributed by atoms with E-state index in [9.17, 15) is 0 Å². The molecule has 0 amide bonds. The molecule has 0 aliphatic heterocycles. The summed E-state index contributed by atoms with van der Waals surface area (Å²) in [5.74, 6) is 0.823. The van der Waals surface area contributed by atoms with Crippen LogP contribution in [0.5, 0.6) is 0 Å². The van der Waals surface area contributed by atoms with Crippen molar-refractivity contribution in [2.75, 3.05) is 5.43 Å². The van der Waals surface area contributed by atoms with E-state index in [2.05, 4.69) is 43.8 Å². The van der Waals surface area contributed by atoms with Gasteiger partial charge in [0.25, 0.3) is 0 Å². The molecule has 2 heterocycles. The lowest BCUT2D eigenvalue weighted by Crippen LogP contribution is -2.22. The highest BCUT2D eigenvalue weighted by Gasteiger charge is 2.26. The quantitative estimate of drug-likeness (QED) is 0.315. The van der Waals surface area contributed by atoms with E-state index in [1.165, 1.54) is 0 Å². The van der Waals surface area contributed by atoms with Crippen LogP contribution in [0.25, 0.3) is 33.5 Å². The van der Waals surface area contributed by atoms with Crippen molar-refractivity contribution in [3.05, 3.63) is 120 Å². The van der Waals surface area contributed by atoms with Crippen molar-refractivity contribution < 1.29 is 0 Å². The number of para-hydroxylation sites is 5. The first kappa shape index (κ1) is 19.5. The number of nitrogens with zero attached hydrogens (tertiary/aromatic N) is 4. The van der Waals surface area contributed by atoms with Gasteiger partial charge in [0, 0.05) is 11.1 Å². The highest BCUT2D eigenvalue weighted by molar-refractivity contribution is 6.54. The molecule has 1 aliphatic rings. The minimum atomic E-state index is 0.342. The predicted molar refractivity (Wildman–Crippen MR) is 142 cm³/mol. The first-order valence-corrected chi connectivity index (χ1v) is 11.5. The van der Waals surface area contributed by atoms with E-state index in [4.69, 9.17) is 10.4 Å². The maximum atomic E-state index is 8.91. The Morgan fingerprint density at radius 1 is 0.686 bits per heavy atom. The Balaban J connectivity index is 1.47. The zero-order chi connectivity index (χ0) is 23.4. The first-order chi connectivity index (χ1) is 17.3. The van der Waals surface area contributed by atoms with Gasteiger partial charge in [-0.2, -0.15) is 5.10 Å². The summed E-state index contributed by atoms with van der Waals surface area (Å²) in [4.78, 5) is 4.99. The average molecular weight is 453 g/mol. The van der Waals surface area contributed by atoms with E-state index in [1.807, 2.05) is 84.9 Å². The van der Waals surface area contributed by atoms with Crippen LogP contribution in [0.3, 0.4) is 0 Å². The Labute approximate surface area is 201 Å². The van der Waals surface area contributed by atoms with E-state index < -0.39 is 0 Å². The summed E-state index contributed by atoms with van der Waals surface area (Å²) in [7, 11) is 0. The van der Waals surface area contributed by atoms with Crippen molar-refractivity contribution in [1.82, 2.24) is 14.0 Å². The minimum Gasteiger partial charge on any atom is -0.298 e. The molecule has 6 nitrogen and oxygen atoms in total. The zero-order valence-electron chi connectivity index (χ0n) is 18.7. The van der Waals surface area contributed by atoms with Crippen molar-refractivity contribution in [2.24, 2.45) is 5.10 Å². The molecule has 0 radical (unpaired) electrons. The third-order valence-corrected chi connectivity index (χ3v) is 6.41. The van der Waals surface area contributed by atoms with Gasteiger partial charge in [0.2, 0.25) is 5.78 Å². The highest BCUT2D eigenvalue weighted by Crippen LogP contribution is 2.34. The number of aromatic nitrogens is 3. The van der Waals surface area contributed by atoms with Crippen LogP contribution >= 0.6 is 0 Å². The van der Waals surface area contributed by atoms with Gasteiger partial charge >= 0.3 is 0 Å². The third-order valence-electron chi connectivity index (χ3n) is 6.41. The van der Waals surface area contributed by atoms with Gasteiger partial charge in [-0.3, -0.25) is 19.8 Å². The predicted octanol–water partition coefficient (Wildman–Crippen LogP) is 6.18. The van der Waals surface area contributed by atoms with Crippen molar-refractivity contribution in [2.45, 2.75) is 0 Å². The summed E-state index contributed by atoms with van der Waals surface area (Å²) in [6.07, 6.45) is 1.89. The average Bonchev–Trinajstić information content (AvgIpc) is 3.43. The van der Waals surface area contributed by atoms with Crippen molar-refractivity contribution in [1.29, 1.82) is 5.41 Å². The number of benzene rings is 4. The smallest absolute Gasteiger partial charge is 0.220 e. The molecule has 2 N–H and O–H groups in total. The van der Waals surface area contributed by atoms with Crippen LogP contribution < -0.4 is 5.43 Å². The van der Waals surface area contributed by atoms with Crippen LogP contribution in [-0.4, -0.2) is 25.4 Å². The van der Waals surface area contributed by atoms with E-state index in [0.717, 1.165) is 50.4 Å². The summed E-state index contributed by atoms with van der Waals surface area (Å²) in [6, 6.07) is 34.4. The van der Waals surface area contributed by atoms with Crippen LogP contribution in [0.1, 0.15) is 11.1 Å². The number of rotatable bonds is 3. The second-order valence-corrected chi connectivity index (χ2v) is 8.49. The largest absolute Gasteiger partial charge is 0.298 e. The van der Waals surface area contributed by atoms with Gasteiger partial charge in [-0.05, 0) is 42.5 Å². The Morgan fingerprint density at radius 2 is 1.34 bits per heavy atom. The molecule has 2 aromatic heterocycles. The molecule has 0 unspecified atom stereocenters. The SMILES string of the molecule is N=C1C=C(n2c3ccccc3n3c4ccccc4nc23)c2ccccc2/C1=N/Nc1ccccc1. The van der Waals surface area contributed by atoms with Crippen LogP contribution in [0.2, 0.25) is 0 Å². The summed E-state index contributed by atoms with van der Waals surface area (Å²) in [5.41, 5.74) is 11.9. The van der Waals surface area contributed by atoms with Gasteiger partial charge in [-0.15, -0.1) is 0 Å². The summed E-state index contributed by atoms with van der Waals surface area (Å²) >= 11 is 0. The molecule has 0 bridgehead atoms. The number of hydrogen-bond acceptors (Lipinski definition) is 4. The second-order valence-electron chi connectivity index (χ2n) is 8.49. The Kier molecular flexibility index (Phi) is 4.20. The molecular formula is C29H20N6. The fourth-order valence-corrected chi connectivity index (χ4v) is 4.87. The molecule has 0 atom stereocenters. The third kappa shape index (κ3) is 2.93. The molecule has 1 aliphatic carbocycles. The Hall–Kier alpha value is -4.97. The maximum absolute atomic E-state index is 8.91.